The Morgan fingerprint density at radius 3 is 1.81 bits per heavy atom. The van der Waals surface area contributed by atoms with Crippen molar-refractivity contribution in [2.75, 3.05) is 0 Å². The molecule has 0 saturated heterocycles. The first-order chi connectivity index (χ1) is 31.5. The average Bonchev–Trinajstić information content (AvgIpc) is 3.80. The fraction of sp³-hybridized carbons (Fsp3) is 0.0820. The topological polar surface area (TPSA) is 30.7 Å². The maximum Gasteiger partial charge on any atom is 0.235 e. The molecule has 2 heterocycles. The fourth-order valence-corrected chi connectivity index (χ4v) is 10.6. The van der Waals surface area contributed by atoms with Gasteiger partial charge >= 0.3 is 0 Å². The predicted octanol–water partition coefficient (Wildman–Crippen LogP) is 16.5. The molecule has 0 atom stereocenters. The number of hydrogen-bond donors (Lipinski definition) is 0. The zero-order valence-electron chi connectivity index (χ0n) is 36.4. The minimum absolute atomic E-state index is 0.168. The maximum absolute atomic E-state index is 5.67. The van der Waals surface area contributed by atoms with Crippen LogP contribution in [0.5, 0.6) is 0 Å². The van der Waals surface area contributed by atoms with Gasteiger partial charge in [-0.3, -0.25) is 4.57 Å². The summed E-state index contributed by atoms with van der Waals surface area (Å²) < 4.78 is 2.34. The molecule has 0 radical (unpaired) electrons. The molecule has 1 aliphatic carbocycles. The van der Waals surface area contributed by atoms with E-state index in [0.29, 0.717) is 5.95 Å². The van der Waals surface area contributed by atoms with E-state index in [4.69, 9.17) is 9.97 Å². The highest BCUT2D eigenvalue weighted by atomic mass is 15.2. The molecule has 10 aromatic carbocycles. The van der Waals surface area contributed by atoms with Gasteiger partial charge in [0, 0.05) is 32.7 Å². The zero-order chi connectivity index (χ0) is 43.1. The van der Waals surface area contributed by atoms with E-state index in [9.17, 15) is 0 Å². The highest BCUT2D eigenvalue weighted by molar-refractivity contribution is 6.17. The minimum atomic E-state index is -0.168. The monoisotopic (exact) mass is 819 g/mol. The van der Waals surface area contributed by atoms with Crippen molar-refractivity contribution in [1.82, 2.24) is 14.5 Å². The van der Waals surface area contributed by atoms with Crippen molar-refractivity contribution in [2.24, 2.45) is 0 Å². The van der Waals surface area contributed by atoms with E-state index in [1.807, 2.05) is 13.8 Å². The summed E-state index contributed by atoms with van der Waals surface area (Å²) in [5.74, 6) is 0.651. The summed E-state index contributed by atoms with van der Waals surface area (Å²) in [7, 11) is 0. The second-order valence-electron chi connectivity index (χ2n) is 17.3. The fourth-order valence-electron chi connectivity index (χ4n) is 10.6. The Balaban J connectivity index is 0.00000214. The molecule has 0 bridgehead atoms. The van der Waals surface area contributed by atoms with Crippen molar-refractivity contribution < 1.29 is 0 Å². The summed E-state index contributed by atoms with van der Waals surface area (Å²) in [5.41, 5.74) is 15.0. The van der Waals surface area contributed by atoms with Gasteiger partial charge in [0.1, 0.15) is 0 Å². The lowest BCUT2D eigenvalue weighted by Gasteiger charge is -2.22. The summed E-state index contributed by atoms with van der Waals surface area (Å²) >= 11 is 0. The Bertz CT molecular complexity index is 3840. The van der Waals surface area contributed by atoms with Crippen LogP contribution in [0.3, 0.4) is 0 Å². The van der Waals surface area contributed by atoms with E-state index in [1.165, 1.54) is 76.6 Å². The lowest BCUT2D eigenvalue weighted by molar-refractivity contribution is 0.661. The molecule has 0 fully saturated rings. The molecule has 1 aliphatic rings. The third-order valence-electron chi connectivity index (χ3n) is 13.6. The standard InChI is InChI=1S/C59H39N3.C2H6/c1-59(2)51-32-28-37-17-8-9-20-42(37)55(51)48-29-27-40(34-52(48)59)43-24-14-25-47-50-33-38-18-6-7-19-39(38)35-54(50)62(57(43)47)58-60-53-26-13-12-23-49(53)56(61-58)46-31-30-41(36-15-4-3-5-16-36)44-21-10-11-22-45(44)46;1-2/h3-35H,1-2H3;1-2H3. The molecule has 3 nitrogen and oxygen atoms in total. The van der Waals surface area contributed by atoms with Crippen molar-refractivity contribution in [3.63, 3.8) is 0 Å². The largest absolute Gasteiger partial charge is 0.277 e. The molecule has 12 aromatic rings. The van der Waals surface area contributed by atoms with E-state index in [-0.39, 0.29) is 5.41 Å². The third kappa shape index (κ3) is 5.60. The second-order valence-corrected chi connectivity index (χ2v) is 17.3. The van der Waals surface area contributed by atoms with E-state index in [0.717, 1.165) is 44.1 Å². The lowest BCUT2D eigenvalue weighted by Crippen LogP contribution is -2.15. The highest BCUT2D eigenvalue weighted by Gasteiger charge is 2.37. The van der Waals surface area contributed by atoms with Gasteiger partial charge in [-0.25, -0.2) is 9.97 Å². The van der Waals surface area contributed by atoms with E-state index >= 15 is 0 Å². The van der Waals surface area contributed by atoms with Crippen LogP contribution in [0, 0.1) is 0 Å². The van der Waals surface area contributed by atoms with Crippen LogP contribution in [0.15, 0.2) is 200 Å². The smallest absolute Gasteiger partial charge is 0.235 e. The Morgan fingerprint density at radius 2 is 1.02 bits per heavy atom. The summed E-state index contributed by atoms with van der Waals surface area (Å²) in [6.45, 7) is 8.75. The van der Waals surface area contributed by atoms with E-state index in [2.05, 4.69) is 219 Å². The number of rotatable bonds is 4. The summed E-state index contributed by atoms with van der Waals surface area (Å²) in [4.78, 5) is 11.1. The van der Waals surface area contributed by atoms with Gasteiger partial charge in [0.05, 0.1) is 22.2 Å². The number of para-hydroxylation sites is 2. The van der Waals surface area contributed by atoms with Crippen LogP contribution in [-0.2, 0) is 5.41 Å². The van der Waals surface area contributed by atoms with E-state index < -0.39 is 0 Å². The van der Waals surface area contributed by atoms with Crippen LogP contribution in [0.25, 0.3) is 116 Å². The molecule has 2 aromatic heterocycles. The molecule has 3 heteroatoms. The lowest BCUT2D eigenvalue weighted by atomic mass is 9.81. The van der Waals surface area contributed by atoms with Gasteiger partial charge in [0.15, 0.2) is 0 Å². The number of benzene rings is 10. The summed E-state index contributed by atoms with van der Waals surface area (Å²) in [6, 6.07) is 73.0. The van der Waals surface area contributed by atoms with Gasteiger partial charge in [-0.15, -0.1) is 0 Å². The van der Waals surface area contributed by atoms with Gasteiger partial charge in [-0.2, -0.15) is 0 Å². The second kappa shape index (κ2) is 14.6. The molecule has 0 unspecified atom stereocenters. The van der Waals surface area contributed by atoms with Gasteiger partial charge in [-0.1, -0.05) is 204 Å². The molecule has 64 heavy (non-hydrogen) atoms. The van der Waals surface area contributed by atoms with Crippen molar-refractivity contribution in [3.05, 3.63) is 211 Å². The molecular weight excluding hydrogens is 775 g/mol. The number of hydrogen-bond acceptors (Lipinski definition) is 2. The Labute approximate surface area is 372 Å². The van der Waals surface area contributed by atoms with Crippen LogP contribution < -0.4 is 0 Å². The molecular formula is C61H45N3. The Morgan fingerprint density at radius 1 is 0.391 bits per heavy atom. The van der Waals surface area contributed by atoms with Crippen LogP contribution in [0.1, 0.15) is 38.8 Å². The highest BCUT2D eigenvalue weighted by Crippen LogP contribution is 2.53. The van der Waals surface area contributed by atoms with Crippen LogP contribution in [0.4, 0.5) is 0 Å². The van der Waals surface area contributed by atoms with Crippen molar-refractivity contribution >= 4 is 65.0 Å². The van der Waals surface area contributed by atoms with Crippen LogP contribution in [0.2, 0.25) is 0 Å². The third-order valence-corrected chi connectivity index (χ3v) is 13.6. The number of aromatic nitrogens is 3. The molecule has 0 spiro atoms. The first-order valence-corrected chi connectivity index (χ1v) is 22.5. The molecule has 0 amide bonds. The molecule has 13 rings (SSSR count). The van der Waals surface area contributed by atoms with Gasteiger partial charge < -0.3 is 0 Å². The maximum atomic E-state index is 5.67. The molecule has 0 N–H and O–H groups in total. The SMILES string of the molecule is CC.CC1(C)c2cc(-c3cccc4c5cc6ccccc6cc5n(-c5nc(-c6ccc(-c7ccccc7)c7ccccc67)c6ccccc6n5)c34)ccc2-c2c1ccc1ccccc21. The van der Waals surface area contributed by atoms with Gasteiger partial charge in [-0.05, 0) is 95.5 Å². The van der Waals surface area contributed by atoms with Crippen LogP contribution >= 0.6 is 0 Å². The Kier molecular flexibility index (Phi) is 8.64. The quantitative estimate of drug-likeness (QED) is 0.177. The molecule has 0 saturated carbocycles. The van der Waals surface area contributed by atoms with Crippen molar-refractivity contribution in [3.8, 4) is 50.6 Å². The van der Waals surface area contributed by atoms with Crippen LogP contribution in [-0.4, -0.2) is 14.5 Å². The zero-order valence-corrected chi connectivity index (χ0v) is 36.4. The van der Waals surface area contributed by atoms with E-state index in [1.54, 1.807) is 0 Å². The minimum Gasteiger partial charge on any atom is -0.277 e. The molecule has 304 valence electrons. The Hall–Kier alpha value is -7.88. The summed E-state index contributed by atoms with van der Waals surface area (Å²) in [6.07, 6.45) is 0. The van der Waals surface area contributed by atoms with Gasteiger partial charge in [0.2, 0.25) is 5.95 Å². The first kappa shape index (κ1) is 37.8. The van der Waals surface area contributed by atoms with Gasteiger partial charge in [0.25, 0.3) is 0 Å². The summed E-state index contributed by atoms with van der Waals surface area (Å²) in [5, 5.41) is 10.7. The normalized spacial score (nSPS) is 12.8. The van der Waals surface area contributed by atoms with Crippen molar-refractivity contribution in [1.29, 1.82) is 0 Å². The first-order valence-electron chi connectivity index (χ1n) is 22.5. The molecule has 0 aliphatic heterocycles. The average molecular weight is 820 g/mol. The van der Waals surface area contributed by atoms with Crippen molar-refractivity contribution in [2.45, 2.75) is 33.1 Å². The predicted molar refractivity (Wildman–Crippen MR) is 272 cm³/mol. The number of nitrogens with zero attached hydrogens (tertiary/aromatic N) is 3. The number of fused-ring (bicyclic) bond motifs is 11.